The van der Waals surface area contributed by atoms with Gasteiger partial charge in [-0.2, -0.15) is 0 Å². The van der Waals surface area contributed by atoms with E-state index in [1.54, 1.807) is 12.1 Å². The zero-order valence-corrected chi connectivity index (χ0v) is 12.4. The monoisotopic (exact) mass is 311 g/mol. The second-order valence-corrected chi connectivity index (χ2v) is 6.64. The zero-order chi connectivity index (χ0) is 15.6. The Morgan fingerprint density at radius 3 is 2.10 bits per heavy atom. The van der Waals surface area contributed by atoms with Crippen molar-refractivity contribution in [1.82, 2.24) is 0 Å². The van der Waals surface area contributed by atoms with Crippen molar-refractivity contribution in [3.8, 4) is 0 Å². The highest BCUT2D eigenvalue weighted by Gasteiger charge is 2.16. The molecule has 0 aliphatic carbocycles. The molecule has 0 atom stereocenters. The maximum Gasteiger partial charge on any atom is 0.261 e. The lowest BCUT2D eigenvalue weighted by atomic mass is 10.0. The Labute approximate surface area is 122 Å². The minimum absolute atomic E-state index is 0.325. The van der Waals surface area contributed by atoms with E-state index < -0.39 is 21.7 Å². The summed E-state index contributed by atoms with van der Waals surface area (Å²) in [6.45, 7) is 4.06. The summed E-state index contributed by atoms with van der Waals surface area (Å²) < 4.78 is 52.5. The van der Waals surface area contributed by atoms with Crippen molar-refractivity contribution < 1.29 is 17.2 Å². The highest BCUT2D eigenvalue weighted by molar-refractivity contribution is 7.92. The Bertz CT molecular complexity index is 741. The van der Waals surface area contributed by atoms with Gasteiger partial charge in [0.25, 0.3) is 10.0 Å². The summed E-state index contributed by atoms with van der Waals surface area (Å²) in [5.74, 6) is -1.95. The van der Waals surface area contributed by atoms with Crippen LogP contribution in [0.5, 0.6) is 0 Å². The van der Waals surface area contributed by atoms with Crippen molar-refractivity contribution in [3.63, 3.8) is 0 Å². The predicted molar refractivity (Wildman–Crippen MR) is 77.7 cm³/mol. The maximum absolute atomic E-state index is 13.1. The Morgan fingerprint density at radius 1 is 0.952 bits per heavy atom. The van der Waals surface area contributed by atoms with Crippen LogP contribution < -0.4 is 4.72 Å². The van der Waals surface area contributed by atoms with E-state index in [-0.39, 0.29) is 4.90 Å². The van der Waals surface area contributed by atoms with Crippen molar-refractivity contribution in [2.75, 3.05) is 4.72 Å². The average Bonchev–Trinajstić information content (AvgIpc) is 2.42. The molecular weight excluding hydrogens is 296 g/mol. The highest BCUT2D eigenvalue weighted by atomic mass is 32.2. The van der Waals surface area contributed by atoms with E-state index in [4.69, 9.17) is 0 Å². The van der Waals surface area contributed by atoms with E-state index in [1.807, 2.05) is 26.0 Å². The Morgan fingerprint density at radius 2 is 1.57 bits per heavy atom. The first-order valence-electron chi connectivity index (χ1n) is 6.37. The maximum atomic E-state index is 13.1. The van der Waals surface area contributed by atoms with Gasteiger partial charge in [0.2, 0.25) is 0 Å². The fraction of sp³-hybridized carbons (Fsp3) is 0.200. The molecule has 0 amide bonds. The van der Waals surface area contributed by atoms with Crippen LogP contribution in [-0.4, -0.2) is 8.42 Å². The summed E-state index contributed by atoms with van der Waals surface area (Å²) in [7, 11) is -3.94. The fourth-order valence-corrected chi connectivity index (χ4v) is 2.86. The first-order chi connectivity index (χ1) is 9.79. The second-order valence-electron chi connectivity index (χ2n) is 4.96. The number of halogens is 2. The SMILES string of the molecule is CC(C)c1ccc(NS(=O)(=O)c2ccc(F)c(F)c2)cc1. The van der Waals surface area contributed by atoms with E-state index in [0.717, 1.165) is 17.7 Å². The summed E-state index contributed by atoms with van der Waals surface area (Å²) in [5, 5.41) is 0. The Kier molecular flexibility index (Phi) is 4.27. The molecule has 112 valence electrons. The van der Waals surface area contributed by atoms with E-state index in [1.165, 1.54) is 0 Å². The molecule has 6 heteroatoms. The number of hydrogen-bond acceptors (Lipinski definition) is 2. The van der Waals surface area contributed by atoms with Crippen LogP contribution in [0.15, 0.2) is 47.4 Å². The van der Waals surface area contributed by atoms with Gasteiger partial charge in [0.15, 0.2) is 11.6 Å². The molecule has 21 heavy (non-hydrogen) atoms. The minimum atomic E-state index is -3.94. The molecule has 0 bridgehead atoms. The Balaban J connectivity index is 2.26. The van der Waals surface area contributed by atoms with Crippen molar-refractivity contribution in [2.45, 2.75) is 24.7 Å². The molecule has 1 N–H and O–H groups in total. The smallest absolute Gasteiger partial charge is 0.261 e. The van der Waals surface area contributed by atoms with Gasteiger partial charge in [-0.05, 0) is 41.8 Å². The van der Waals surface area contributed by atoms with E-state index in [2.05, 4.69) is 4.72 Å². The highest BCUT2D eigenvalue weighted by Crippen LogP contribution is 2.21. The van der Waals surface area contributed by atoms with Gasteiger partial charge < -0.3 is 0 Å². The molecule has 0 aliphatic rings. The van der Waals surface area contributed by atoms with Crippen LogP contribution in [-0.2, 0) is 10.0 Å². The number of sulfonamides is 1. The molecular formula is C15H15F2NO2S. The number of anilines is 1. The van der Waals surface area contributed by atoms with Crippen LogP contribution in [0.25, 0.3) is 0 Å². The van der Waals surface area contributed by atoms with Crippen LogP contribution in [0, 0.1) is 11.6 Å². The molecule has 0 saturated heterocycles. The van der Waals surface area contributed by atoms with Crippen molar-refractivity contribution in [1.29, 1.82) is 0 Å². The molecule has 0 unspecified atom stereocenters. The van der Waals surface area contributed by atoms with Gasteiger partial charge in [-0.25, -0.2) is 17.2 Å². The summed E-state index contributed by atoms with van der Waals surface area (Å²) in [6.07, 6.45) is 0. The molecule has 2 aromatic rings. The van der Waals surface area contributed by atoms with Crippen LogP contribution in [0.1, 0.15) is 25.3 Å². The molecule has 0 saturated carbocycles. The fourth-order valence-electron chi connectivity index (χ4n) is 1.79. The van der Waals surface area contributed by atoms with Gasteiger partial charge >= 0.3 is 0 Å². The third-order valence-corrected chi connectivity index (χ3v) is 4.41. The molecule has 0 aliphatic heterocycles. The molecule has 3 nitrogen and oxygen atoms in total. The summed E-state index contributed by atoms with van der Waals surface area (Å²) in [4.78, 5) is -0.325. The van der Waals surface area contributed by atoms with Crippen molar-refractivity contribution in [2.24, 2.45) is 0 Å². The lowest BCUT2D eigenvalue weighted by Gasteiger charge is -2.10. The largest absolute Gasteiger partial charge is 0.280 e. The molecule has 0 radical (unpaired) electrons. The van der Waals surface area contributed by atoms with Gasteiger partial charge in [0, 0.05) is 5.69 Å². The van der Waals surface area contributed by atoms with Crippen molar-refractivity contribution >= 4 is 15.7 Å². The lowest BCUT2D eigenvalue weighted by Crippen LogP contribution is -2.13. The number of rotatable bonds is 4. The second kappa shape index (κ2) is 5.81. The number of hydrogen-bond donors (Lipinski definition) is 1. The third-order valence-electron chi connectivity index (χ3n) is 3.03. The molecule has 0 fully saturated rings. The van der Waals surface area contributed by atoms with Crippen LogP contribution in [0.4, 0.5) is 14.5 Å². The molecule has 0 spiro atoms. The van der Waals surface area contributed by atoms with Gasteiger partial charge in [0.05, 0.1) is 4.90 Å². The van der Waals surface area contributed by atoms with Gasteiger partial charge in [-0.1, -0.05) is 26.0 Å². The van der Waals surface area contributed by atoms with Crippen LogP contribution in [0.2, 0.25) is 0 Å². The van der Waals surface area contributed by atoms with Gasteiger partial charge in [0.1, 0.15) is 0 Å². The molecule has 2 rings (SSSR count). The number of benzene rings is 2. The van der Waals surface area contributed by atoms with Crippen LogP contribution in [0.3, 0.4) is 0 Å². The summed E-state index contributed by atoms with van der Waals surface area (Å²) >= 11 is 0. The Hall–Kier alpha value is -1.95. The molecule has 0 aromatic heterocycles. The topological polar surface area (TPSA) is 46.2 Å². The lowest BCUT2D eigenvalue weighted by molar-refractivity contribution is 0.504. The predicted octanol–water partition coefficient (Wildman–Crippen LogP) is 3.89. The van der Waals surface area contributed by atoms with Crippen molar-refractivity contribution in [3.05, 3.63) is 59.7 Å². The van der Waals surface area contributed by atoms with Crippen LogP contribution >= 0.6 is 0 Å². The first-order valence-corrected chi connectivity index (χ1v) is 7.86. The minimum Gasteiger partial charge on any atom is -0.280 e. The van der Waals surface area contributed by atoms with E-state index in [9.17, 15) is 17.2 Å². The first kappa shape index (κ1) is 15.4. The number of nitrogens with one attached hydrogen (secondary N) is 1. The standard InChI is InChI=1S/C15H15F2NO2S/c1-10(2)11-3-5-12(6-4-11)18-21(19,20)13-7-8-14(16)15(17)9-13/h3-10,18H,1-2H3. The summed E-state index contributed by atoms with van der Waals surface area (Å²) in [5.41, 5.74) is 1.44. The average molecular weight is 311 g/mol. The van der Waals surface area contributed by atoms with Gasteiger partial charge in [-0.3, -0.25) is 4.72 Å². The zero-order valence-electron chi connectivity index (χ0n) is 11.6. The molecule has 2 aromatic carbocycles. The summed E-state index contributed by atoms with van der Waals surface area (Å²) in [6, 6.07) is 9.34. The van der Waals surface area contributed by atoms with E-state index in [0.29, 0.717) is 17.7 Å². The quantitative estimate of drug-likeness (QED) is 0.931. The van der Waals surface area contributed by atoms with E-state index >= 15 is 0 Å². The third kappa shape index (κ3) is 3.58. The molecule has 0 heterocycles. The van der Waals surface area contributed by atoms with Gasteiger partial charge in [-0.15, -0.1) is 0 Å². The normalized spacial score (nSPS) is 11.7.